The zero-order valence-corrected chi connectivity index (χ0v) is 27.7. The van der Waals surface area contributed by atoms with Crippen LogP contribution in [0.4, 0.5) is 0 Å². The molecule has 0 saturated heterocycles. The standard InChI is InChI=1S/C39H69N2/c1-3-5-7-9-11-13-15-16-17-19-21-23-25-30-34-40-35-36-41(37-38-31-27-26-28-32-38)39(40)33-29-24-22-20-18-14-12-10-8-6-4-2/h26-28,31-32,35-36H,3-25,29-30,33-34,37H2,1-2H3/q+1. The van der Waals surface area contributed by atoms with Gasteiger partial charge in [0, 0.05) is 6.42 Å². The zero-order chi connectivity index (χ0) is 29.1. The lowest BCUT2D eigenvalue weighted by Gasteiger charge is -2.07. The topological polar surface area (TPSA) is 8.81 Å². The Morgan fingerprint density at radius 1 is 0.488 bits per heavy atom. The Morgan fingerprint density at radius 2 is 0.902 bits per heavy atom. The van der Waals surface area contributed by atoms with E-state index in [9.17, 15) is 0 Å². The molecular weight excluding hydrogens is 496 g/mol. The molecule has 2 nitrogen and oxygen atoms in total. The van der Waals surface area contributed by atoms with Crippen LogP contribution >= 0.6 is 0 Å². The van der Waals surface area contributed by atoms with E-state index in [-0.39, 0.29) is 0 Å². The number of benzene rings is 1. The number of aryl methyl sites for hydroxylation is 1. The monoisotopic (exact) mass is 566 g/mol. The number of rotatable bonds is 29. The molecule has 0 saturated carbocycles. The van der Waals surface area contributed by atoms with Crippen molar-refractivity contribution < 1.29 is 4.57 Å². The summed E-state index contributed by atoms with van der Waals surface area (Å²) in [5.41, 5.74) is 1.41. The highest BCUT2D eigenvalue weighted by atomic mass is 15.1. The molecule has 0 bridgehead atoms. The summed E-state index contributed by atoms with van der Waals surface area (Å²) in [6, 6.07) is 11.0. The van der Waals surface area contributed by atoms with E-state index in [0.29, 0.717) is 0 Å². The van der Waals surface area contributed by atoms with E-state index in [1.165, 1.54) is 179 Å². The fourth-order valence-corrected chi connectivity index (χ4v) is 6.34. The number of aromatic nitrogens is 2. The third-order valence-corrected chi connectivity index (χ3v) is 9.04. The molecule has 0 spiro atoms. The van der Waals surface area contributed by atoms with Gasteiger partial charge in [0.05, 0.1) is 6.54 Å². The van der Waals surface area contributed by atoms with Gasteiger partial charge in [-0.05, 0) is 24.8 Å². The molecule has 1 heterocycles. The van der Waals surface area contributed by atoms with Crippen LogP contribution in [-0.4, -0.2) is 4.57 Å². The predicted octanol–water partition coefficient (Wildman–Crippen LogP) is 12.2. The fraction of sp³-hybridized carbons (Fsp3) is 0.769. The Balaban J connectivity index is 1.61. The van der Waals surface area contributed by atoms with Crippen molar-refractivity contribution in [3.05, 3.63) is 54.1 Å². The maximum atomic E-state index is 2.58. The van der Waals surface area contributed by atoms with Crippen molar-refractivity contribution >= 4 is 0 Å². The molecule has 0 unspecified atom stereocenters. The summed E-state index contributed by atoms with van der Waals surface area (Å²) in [7, 11) is 0. The van der Waals surface area contributed by atoms with Crippen LogP contribution < -0.4 is 4.57 Å². The summed E-state index contributed by atoms with van der Waals surface area (Å²) >= 11 is 0. The summed E-state index contributed by atoms with van der Waals surface area (Å²) in [6.07, 6.45) is 41.5. The van der Waals surface area contributed by atoms with E-state index < -0.39 is 0 Å². The molecule has 0 radical (unpaired) electrons. The summed E-state index contributed by atoms with van der Waals surface area (Å²) in [5.74, 6) is 1.54. The van der Waals surface area contributed by atoms with Crippen LogP contribution in [0.3, 0.4) is 0 Å². The molecule has 0 amide bonds. The lowest BCUT2D eigenvalue weighted by atomic mass is 10.0. The smallest absolute Gasteiger partial charge is 0.234 e. The number of imidazole rings is 1. The molecule has 1 aromatic carbocycles. The zero-order valence-electron chi connectivity index (χ0n) is 27.7. The van der Waals surface area contributed by atoms with Crippen molar-refractivity contribution in [2.75, 3.05) is 0 Å². The second kappa shape index (κ2) is 26.1. The van der Waals surface area contributed by atoms with Gasteiger partial charge >= 0.3 is 0 Å². The van der Waals surface area contributed by atoms with Gasteiger partial charge < -0.3 is 0 Å². The van der Waals surface area contributed by atoms with Crippen LogP contribution in [0, 0.1) is 0 Å². The number of unbranched alkanes of at least 4 members (excludes halogenated alkanes) is 23. The minimum Gasteiger partial charge on any atom is -0.234 e. The molecular formula is C39H69N2+. The molecule has 2 rings (SSSR count). The Morgan fingerprint density at radius 3 is 1.37 bits per heavy atom. The summed E-state index contributed by atoms with van der Waals surface area (Å²) in [5, 5.41) is 0. The molecule has 0 aliphatic heterocycles. The first kappa shape index (κ1) is 35.6. The van der Waals surface area contributed by atoms with Crippen LogP contribution in [-0.2, 0) is 19.5 Å². The average Bonchev–Trinajstić information content (AvgIpc) is 3.37. The van der Waals surface area contributed by atoms with Crippen LogP contribution in [0.2, 0.25) is 0 Å². The van der Waals surface area contributed by atoms with Crippen LogP contribution in [0.15, 0.2) is 42.7 Å². The minimum absolute atomic E-state index is 1.000. The maximum Gasteiger partial charge on any atom is 0.256 e. The van der Waals surface area contributed by atoms with Crippen molar-refractivity contribution in [1.82, 2.24) is 4.57 Å². The van der Waals surface area contributed by atoms with Gasteiger partial charge in [-0.1, -0.05) is 185 Å². The first-order valence-corrected chi connectivity index (χ1v) is 18.5. The summed E-state index contributed by atoms with van der Waals surface area (Å²) in [4.78, 5) is 0. The SMILES string of the molecule is CCCCCCCCCCCCCCCCn1cc[n+](Cc2ccccc2)c1CCCCCCCCCCCCC. The summed E-state index contributed by atoms with van der Waals surface area (Å²) < 4.78 is 5.11. The fourth-order valence-electron chi connectivity index (χ4n) is 6.34. The van der Waals surface area contributed by atoms with E-state index in [0.717, 1.165) is 6.54 Å². The van der Waals surface area contributed by atoms with Crippen LogP contribution in [0.5, 0.6) is 0 Å². The second-order valence-corrected chi connectivity index (χ2v) is 12.9. The second-order valence-electron chi connectivity index (χ2n) is 12.9. The highest BCUT2D eigenvalue weighted by Gasteiger charge is 2.17. The lowest BCUT2D eigenvalue weighted by molar-refractivity contribution is -0.695. The van der Waals surface area contributed by atoms with E-state index in [4.69, 9.17) is 0 Å². The minimum atomic E-state index is 1.000. The van der Waals surface area contributed by atoms with Gasteiger partial charge in [-0.2, -0.15) is 0 Å². The number of hydrogen-bond donors (Lipinski definition) is 0. The molecule has 0 aliphatic carbocycles. The van der Waals surface area contributed by atoms with Gasteiger partial charge in [0.1, 0.15) is 18.9 Å². The number of hydrogen-bond acceptors (Lipinski definition) is 0. The molecule has 234 valence electrons. The van der Waals surface area contributed by atoms with Crippen molar-refractivity contribution in [2.24, 2.45) is 0 Å². The number of nitrogens with zero attached hydrogens (tertiary/aromatic N) is 2. The average molecular weight is 566 g/mol. The van der Waals surface area contributed by atoms with Crippen molar-refractivity contribution in [1.29, 1.82) is 0 Å². The van der Waals surface area contributed by atoms with E-state index in [2.05, 4.69) is 65.7 Å². The van der Waals surface area contributed by atoms with Gasteiger partial charge in [-0.15, -0.1) is 0 Å². The summed E-state index contributed by atoms with van der Waals surface area (Å²) in [6.45, 7) is 6.80. The van der Waals surface area contributed by atoms with Crippen molar-refractivity contribution in [2.45, 2.75) is 194 Å². The molecule has 0 N–H and O–H groups in total. The van der Waals surface area contributed by atoms with Gasteiger partial charge in [0.15, 0.2) is 0 Å². The Hall–Kier alpha value is -1.57. The van der Waals surface area contributed by atoms with E-state index >= 15 is 0 Å². The lowest BCUT2D eigenvalue weighted by Crippen LogP contribution is -2.37. The first-order chi connectivity index (χ1) is 20.3. The van der Waals surface area contributed by atoms with Crippen LogP contribution in [0.25, 0.3) is 0 Å². The maximum absolute atomic E-state index is 2.58. The Bertz CT molecular complexity index is 808. The third kappa shape index (κ3) is 18.6. The first-order valence-electron chi connectivity index (χ1n) is 18.5. The Labute approximate surface area is 256 Å². The molecule has 2 heteroatoms. The molecule has 2 aromatic rings. The molecule has 0 atom stereocenters. The third-order valence-electron chi connectivity index (χ3n) is 9.04. The van der Waals surface area contributed by atoms with E-state index in [1.54, 1.807) is 5.82 Å². The molecule has 1 aromatic heterocycles. The van der Waals surface area contributed by atoms with Crippen LogP contribution in [0.1, 0.15) is 186 Å². The highest BCUT2D eigenvalue weighted by molar-refractivity contribution is 5.13. The quantitative estimate of drug-likeness (QED) is 0.0685. The normalized spacial score (nSPS) is 11.5. The predicted molar refractivity (Wildman–Crippen MR) is 181 cm³/mol. The molecule has 0 fully saturated rings. The molecule has 0 aliphatic rings. The largest absolute Gasteiger partial charge is 0.256 e. The van der Waals surface area contributed by atoms with Gasteiger partial charge in [0.25, 0.3) is 5.82 Å². The van der Waals surface area contributed by atoms with Crippen molar-refractivity contribution in [3.63, 3.8) is 0 Å². The van der Waals surface area contributed by atoms with Gasteiger partial charge in [-0.3, -0.25) is 0 Å². The van der Waals surface area contributed by atoms with Gasteiger partial charge in [-0.25, -0.2) is 9.13 Å². The van der Waals surface area contributed by atoms with Gasteiger partial charge in [0.2, 0.25) is 0 Å². The van der Waals surface area contributed by atoms with Crippen molar-refractivity contribution in [3.8, 4) is 0 Å². The highest BCUT2D eigenvalue weighted by Crippen LogP contribution is 2.15. The van der Waals surface area contributed by atoms with E-state index in [1.807, 2.05) is 0 Å². The Kier molecular flexibility index (Phi) is 22.7. The molecule has 41 heavy (non-hydrogen) atoms.